The molecule has 3 aliphatic rings. The minimum absolute atomic E-state index is 0.0204. The minimum atomic E-state index is -1.30. The number of likely N-dealkylation sites (tertiary alicyclic amines) is 1. The van der Waals surface area contributed by atoms with E-state index in [0.717, 1.165) is 0 Å². The highest BCUT2D eigenvalue weighted by atomic mass is 79.9. The lowest BCUT2D eigenvalue weighted by Crippen LogP contribution is -2.57. The number of esters is 1. The summed E-state index contributed by atoms with van der Waals surface area (Å²) in [5, 5.41) is 9.92. The maximum Gasteiger partial charge on any atom is 0.313 e. The van der Waals surface area contributed by atoms with E-state index in [1.165, 1.54) is 0 Å². The number of allylic oxidation sites excluding steroid dienone is 1. The smallest absolute Gasteiger partial charge is 0.313 e. The number of ether oxygens (including phenoxy) is 2. The Bertz CT molecular complexity index is 1590. The first-order chi connectivity index (χ1) is 24.5. The summed E-state index contributed by atoms with van der Waals surface area (Å²) < 4.78 is 13.1. The van der Waals surface area contributed by atoms with Gasteiger partial charge in [-0.15, -0.1) is 13.2 Å². The van der Waals surface area contributed by atoms with Gasteiger partial charge >= 0.3 is 5.97 Å². The van der Waals surface area contributed by atoms with Crippen LogP contribution in [0.4, 0.5) is 5.69 Å². The van der Waals surface area contributed by atoms with Crippen LogP contribution in [0.1, 0.15) is 57.1 Å². The van der Waals surface area contributed by atoms with E-state index in [0.29, 0.717) is 48.4 Å². The summed E-state index contributed by atoms with van der Waals surface area (Å²) in [6, 6.07) is 14.5. The van der Waals surface area contributed by atoms with Crippen molar-refractivity contribution in [2.75, 3.05) is 31.6 Å². The standard InChI is InChI=1S/C39H47BrClN3O7/c1-5-7-16-30(46)42(4)25(3)33(26-14-10-8-11-15-26)50-38(49)31-32-36(47)44(22-12-9-13-23-45)35(39(32)24-29(40)34(31)51-39)37(48)43(21-6-2)28-19-17-27(41)18-20-28/h5-6,8,10-11,14-15,17-20,25,29,31-35,45H,1-2,7,9,12-13,16,21-24H2,3-4H3/t25-,29?,31-,32+,33+,34-,35-,39+/m1/s1. The predicted molar refractivity (Wildman–Crippen MR) is 199 cm³/mol. The highest BCUT2D eigenvalue weighted by molar-refractivity contribution is 9.09. The van der Waals surface area contributed by atoms with Crippen LogP contribution < -0.4 is 4.90 Å². The molecule has 1 N–H and O–H groups in total. The molecular weight excluding hydrogens is 738 g/mol. The van der Waals surface area contributed by atoms with E-state index in [-0.39, 0.29) is 48.7 Å². The van der Waals surface area contributed by atoms with E-state index in [1.54, 1.807) is 58.2 Å². The molecule has 2 bridgehead atoms. The number of hydrogen-bond donors (Lipinski definition) is 1. The second kappa shape index (κ2) is 16.9. The molecule has 3 saturated heterocycles. The zero-order chi connectivity index (χ0) is 36.9. The van der Waals surface area contributed by atoms with Crippen LogP contribution in [0.25, 0.3) is 0 Å². The maximum absolute atomic E-state index is 14.8. The molecule has 3 amide bonds. The molecular formula is C39H47BrClN3O7. The average molecular weight is 785 g/mol. The number of likely N-dealkylation sites (N-methyl/N-ethyl adjacent to an activating group) is 1. The van der Waals surface area contributed by atoms with Crippen molar-refractivity contribution >= 4 is 56.9 Å². The van der Waals surface area contributed by atoms with Gasteiger partial charge in [-0.2, -0.15) is 0 Å². The number of aliphatic hydroxyl groups excluding tert-OH is 1. The normalized spacial score (nSPS) is 25.9. The third-order valence-corrected chi connectivity index (χ3v) is 11.5. The van der Waals surface area contributed by atoms with Crippen LogP contribution in [0.5, 0.6) is 0 Å². The number of halogens is 2. The number of carbonyl (C=O) groups is 4. The van der Waals surface area contributed by atoms with Gasteiger partial charge in [0.2, 0.25) is 11.8 Å². The summed E-state index contributed by atoms with van der Waals surface area (Å²) in [6.07, 6.45) is 4.63. The first-order valence-corrected chi connectivity index (χ1v) is 18.8. The molecule has 3 heterocycles. The molecule has 1 spiro atoms. The summed E-state index contributed by atoms with van der Waals surface area (Å²) >= 11 is 9.92. The van der Waals surface area contributed by atoms with E-state index in [9.17, 15) is 24.3 Å². The fourth-order valence-electron chi connectivity index (χ4n) is 7.83. The van der Waals surface area contributed by atoms with Crippen LogP contribution in [0.3, 0.4) is 0 Å². The Kier molecular flexibility index (Phi) is 12.8. The number of carbonyl (C=O) groups excluding carboxylic acids is 4. The van der Waals surface area contributed by atoms with Crippen molar-refractivity contribution in [1.29, 1.82) is 0 Å². The molecule has 0 saturated carbocycles. The molecule has 2 aromatic rings. The zero-order valence-electron chi connectivity index (χ0n) is 29.2. The highest BCUT2D eigenvalue weighted by Crippen LogP contribution is 2.60. The van der Waals surface area contributed by atoms with Gasteiger partial charge in [0, 0.05) is 48.7 Å². The Hall–Kier alpha value is -3.51. The average Bonchev–Trinajstić information content (AvgIpc) is 3.73. The van der Waals surface area contributed by atoms with Gasteiger partial charge in [0.05, 0.1) is 24.0 Å². The van der Waals surface area contributed by atoms with Gasteiger partial charge in [-0.25, -0.2) is 0 Å². The van der Waals surface area contributed by atoms with Crippen LogP contribution in [-0.2, 0) is 28.7 Å². The van der Waals surface area contributed by atoms with Gasteiger partial charge in [-0.05, 0) is 68.9 Å². The molecule has 0 aromatic heterocycles. The SMILES string of the molecule is C=CCCC(=O)N(C)[C@H](C)[C@H](OC(=O)[C@H]1[C@@H]2O[C@@]3(CC2Br)[C@@H]1C(=O)N(CCCCCO)[C@@H]3C(=O)N(CC=C)c1ccc(Cl)cc1)c1ccccc1. The first-order valence-electron chi connectivity index (χ1n) is 17.5. The lowest BCUT2D eigenvalue weighted by molar-refractivity contribution is -0.164. The fourth-order valence-corrected chi connectivity index (χ4v) is 8.90. The molecule has 12 heteroatoms. The number of aliphatic hydroxyl groups is 1. The van der Waals surface area contributed by atoms with Crippen LogP contribution in [0, 0.1) is 11.8 Å². The third kappa shape index (κ3) is 7.68. The van der Waals surface area contributed by atoms with Crippen LogP contribution in [-0.4, -0.2) is 94.0 Å². The zero-order valence-corrected chi connectivity index (χ0v) is 31.5. The molecule has 10 nitrogen and oxygen atoms in total. The molecule has 274 valence electrons. The number of anilines is 1. The van der Waals surface area contributed by atoms with Crippen molar-refractivity contribution in [3.05, 3.63) is 90.5 Å². The topological polar surface area (TPSA) is 117 Å². The van der Waals surface area contributed by atoms with Crippen molar-refractivity contribution in [3.63, 3.8) is 0 Å². The van der Waals surface area contributed by atoms with Gasteiger partial charge in [0.15, 0.2) is 0 Å². The van der Waals surface area contributed by atoms with Gasteiger partial charge in [0.25, 0.3) is 5.91 Å². The second-order valence-corrected chi connectivity index (χ2v) is 15.1. The lowest BCUT2D eigenvalue weighted by atomic mass is 9.70. The second-order valence-electron chi connectivity index (χ2n) is 13.5. The Morgan fingerprint density at radius 3 is 2.47 bits per heavy atom. The summed E-state index contributed by atoms with van der Waals surface area (Å²) in [7, 11) is 1.69. The number of fused-ring (bicyclic) bond motifs is 1. The van der Waals surface area contributed by atoms with Crippen molar-refractivity contribution in [1.82, 2.24) is 9.80 Å². The molecule has 0 aliphatic carbocycles. The Morgan fingerprint density at radius 1 is 1.12 bits per heavy atom. The number of amides is 3. The summed E-state index contributed by atoms with van der Waals surface area (Å²) in [5.74, 6) is -3.39. The fraction of sp³-hybridized carbons (Fsp3) is 0.487. The molecule has 3 fully saturated rings. The number of hydrogen-bond acceptors (Lipinski definition) is 7. The van der Waals surface area contributed by atoms with Gasteiger partial charge in [-0.3, -0.25) is 19.2 Å². The summed E-state index contributed by atoms with van der Waals surface area (Å²) in [6.45, 7) is 9.86. The predicted octanol–water partition coefficient (Wildman–Crippen LogP) is 5.87. The summed E-state index contributed by atoms with van der Waals surface area (Å²) in [4.78, 5) is 61.4. The Morgan fingerprint density at radius 2 is 1.82 bits per heavy atom. The van der Waals surface area contributed by atoms with E-state index in [4.69, 9.17) is 21.1 Å². The molecule has 0 radical (unpaired) electrons. The van der Waals surface area contributed by atoms with Crippen LogP contribution >= 0.6 is 27.5 Å². The van der Waals surface area contributed by atoms with Crippen molar-refractivity contribution in [2.24, 2.45) is 11.8 Å². The highest BCUT2D eigenvalue weighted by Gasteiger charge is 2.77. The number of rotatable bonds is 17. The van der Waals surface area contributed by atoms with E-state index in [2.05, 4.69) is 29.1 Å². The molecule has 5 rings (SSSR count). The number of unbranched alkanes of at least 4 members (excludes halogenated alkanes) is 2. The lowest BCUT2D eigenvalue weighted by Gasteiger charge is -2.37. The van der Waals surface area contributed by atoms with Gasteiger partial charge < -0.3 is 29.3 Å². The largest absolute Gasteiger partial charge is 0.455 e. The minimum Gasteiger partial charge on any atom is -0.455 e. The maximum atomic E-state index is 14.8. The van der Waals surface area contributed by atoms with E-state index >= 15 is 0 Å². The van der Waals surface area contributed by atoms with Crippen LogP contribution in [0.2, 0.25) is 5.02 Å². The Balaban J connectivity index is 1.51. The number of alkyl halides is 1. The van der Waals surface area contributed by atoms with Crippen molar-refractivity contribution < 1.29 is 33.8 Å². The first kappa shape index (κ1) is 38.7. The Labute approximate surface area is 313 Å². The van der Waals surface area contributed by atoms with Crippen LogP contribution in [0.15, 0.2) is 79.9 Å². The van der Waals surface area contributed by atoms with Gasteiger partial charge in [0.1, 0.15) is 17.7 Å². The quantitative estimate of drug-likeness (QED) is 0.0924. The van der Waals surface area contributed by atoms with E-state index in [1.807, 2.05) is 37.3 Å². The van der Waals surface area contributed by atoms with Crippen molar-refractivity contribution in [2.45, 2.75) is 80.2 Å². The monoisotopic (exact) mass is 783 g/mol. The van der Waals surface area contributed by atoms with Gasteiger partial charge in [-0.1, -0.05) is 70.0 Å². The molecule has 51 heavy (non-hydrogen) atoms. The molecule has 2 aromatic carbocycles. The summed E-state index contributed by atoms with van der Waals surface area (Å²) in [5.41, 5.74) is -0.0115. The number of nitrogens with zero attached hydrogens (tertiary/aromatic N) is 3. The molecule has 8 atom stereocenters. The molecule has 1 unspecified atom stereocenters. The van der Waals surface area contributed by atoms with E-state index < -0.39 is 47.7 Å². The number of benzene rings is 2. The van der Waals surface area contributed by atoms with Crippen molar-refractivity contribution in [3.8, 4) is 0 Å². The molecule has 3 aliphatic heterocycles. The third-order valence-electron chi connectivity index (χ3n) is 10.4.